The molecule has 0 amide bonds. The number of rotatable bonds is 5. The van der Waals surface area contributed by atoms with Gasteiger partial charge in [0.2, 0.25) is 0 Å². The number of hydrogen-bond donors (Lipinski definition) is 3. The fraction of sp³-hybridized carbons (Fsp3) is 0.324. The number of nitrogens with one attached hydrogen (secondary N) is 2. The number of ether oxygens (including phenoxy) is 1. The number of esters is 2. The number of nitrogens with zero attached hydrogens (tertiary/aromatic N) is 2. The highest BCUT2D eigenvalue weighted by Gasteiger charge is 2.35. The van der Waals surface area contributed by atoms with E-state index in [-0.39, 0.29) is 30.2 Å². The Morgan fingerprint density at radius 3 is 2.49 bits per heavy atom. The smallest absolute Gasteiger partial charge is 0.348 e. The summed E-state index contributed by atoms with van der Waals surface area (Å²) in [7, 11) is 0. The summed E-state index contributed by atoms with van der Waals surface area (Å²) in [5.41, 5.74) is 11.5. The largest absolute Gasteiger partial charge is 0.481 e. The molecule has 0 spiro atoms. The Kier molecular flexibility index (Phi) is 6.91. The van der Waals surface area contributed by atoms with Gasteiger partial charge in [0.15, 0.2) is 0 Å². The third kappa shape index (κ3) is 4.59. The highest BCUT2D eigenvalue weighted by molar-refractivity contribution is 6.09. The highest BCUT2D eigenvalue weighted by Crippen LogP contribution is 2.43. The van der Waals surface area contributed by atoms with Crippen LogP contribution in [0.5, 0.6) is 0 Å². The summed E-state index contributed by atoms with van der Waals surface area (Å²) >= 11 is 0. The Morgan fingerprint density at radius 1 is 1.07 bits per heavy atom. The molecule has 8 bridgehead atoms. The third-order valence-corrected chi connectivity index (χ3v) is 9.14. The summed E-state index contributed by atoms with van der Waals surface area (Å²) in [4.78, 5) is 54.8. The maximum Gasteiger partial charge on any atom is 0.348 e. The van der Waals surface area contributed by atoms with E-state index < -0.39 is 17.9 Å². The molecule has 0 radical (unpaired) electrons. The van der Waals surface area contributed by atoms with E-state index in [0.29, 0.717) is 34.3 Å². The van der Waals surface area contributed by atoms with Crippen molar-refractivity contribution in [2.75, 3.05) is 0 Å². The number of fused-ring (bicyclic) bond motifs is 8. The first-order chi connectivity index (χ1) is 20.5. The van der Waals surface area contributed by atoms with Crippen LogP contribution in [0.25, 0.3) is 39.3 Å². The number of aryl methyl sites for hydroxylation is 2. The van der Waals surface area contributed by atoms with Crippen molar-refractivity contribution in [1.82, 2.24) is 19.9 Å². The maximum atomic E-state index is 13.2. The lowest BCUT2D eigenvalue weighted by atomic mass is 9.85. The molecule has 3 N–H and O–H groups in total. The summed E-state index contributed by atoms with van der Waals surface area (Å²) in [5, 5.41) is 9.55. The molecule has 2 atom stereocenters. The van der Waals surface area contributed by atoms with Crippen molar-refractivity contribution in [2.45, 2.75) is 72.1 Å². The van der Waals surface area contributed by atoms with Crippen LogP contribution in [-0.2, 0) is 20.7 Å². The zero-order valence-corrected chi connectivity index (χ0v) is 25.0. The molecule has 6 rings (SSSR count). The van der Waals surface area contributed by atoms with E-state index in [9.17, 15) is 19.5 Å². The minimum Gasteiger partial charge on any atom is -0.481 e. The minimum atomic E-state index is -0.907. The first kappa shape index (κ1) is 28.3. The van der Waals surface area contributed by atoms with Crippen molar-refractivity contribution >= 4 is 57.2 Å². The van der Waals surface area contributed by atoms with Gasteiger partial charge in [0.05, 0.1) is 34.6 Å². The third-order valence-electron chi connectivity index (χ3n) is 9.14. The zero-order valence-electron chi connectivity index (χ0n) is 25.0. The lowest BCUT2D eigenvalue weighted by Gasteiger charge is -2.16. The molecule has 3 aromatic rings. The van der Waals surface area contributed by atoms with E-state index in [1.807, 2.05) is 45.0 Å². The number of carbonyl (C=O) groups excluding carboxylic acids is 2. The number of carboxylic acid groups (broad SMARTS) is 1. The average molecular weight is 579 g/mol. The molecular formula is C34H34N4O5. The Balaban J connectivity index is 1.82. The summed E-state index contributed by atoms with van der Waals surface area (Å²) in [6.07, 6.45) is 2.70. The monoisotopic (exact) mass is 578 g/mol. The molecular weight excluding hydrogens is 544 g/mol. The molecule has 3 aromatic heterocycles. The zero-order chi connectivity index (χ0) is 30.7. The van der Waals surface area contributed by atoms with E-state index in [1.54, 1.807) is 0 Å². The molecule has 220 valence electrons. The number of aromatic amines is 2. The molecule has 9 nitrogen and oxygen atoms in total. The molecule has 0 saturated carbocycles. The van der Waals surface area contributed by atoms with Gasteiger partial charge in [-0.1, -0.05) is 26.5 Å². The van der Waals surface area contributed by atoms with Crippen LogP contribution in [0.1, 0.15) is 107 Å². The fourth-order valence-corrected chi connectivity index (χ4v) is 6.70. The normalized spacial score (nSPS) is 18.1. The van der Waals surface area contributed by atoms with Crippen molar-refractivity contribution in [3.05, 3.63) is 75.4 Å². The molecule has 6 heterocycles. The number of allylic oxidation sites excluding steroid dienone is 2. The number of carbonyl (C=O) groups is 3. The van der Waals surface area contributed by atoms with Crippen molar-refractivity contribution in [3.63, 3.8) is 0 Å². The fourth-order valence-electron chi connectivity index (χ4n) is 6.70. The van der Waals surface area contributed by atoms with E-state index in [4.69, 9.17) is 14.7 Å². The summed E-state index contributed by atoms with van der Waals surface area (Å²) in [6.45, 7) is 14.1. The van der Waals surface area contributed by atoms with Crippen molar-refractivity contribution in [1.29, 1.82) is 0 Å². The number of aliphatic carboxylic acids is 1. The second kappa shape index (κ2) is 10.5. The second-order valence-electron chi connectivity index (χ2n) is 11.5. The van der Waals surface area contributed by atoms with Gasteiger partial charge >= 0.3 is 17.9 Å². The first-order valence-corrected chi connectivity index (χ1v) is 14.6. The molecule has 9 heteroatoms. The number of H-pyrrole nitrogens is 2. The predicted molar refractivity (Wildman–Crippen MR) is 165 cm³/mol. The van der Waals surface area contributed by atoms with Gasteiger partial charge in [-0.15, -0.1) is 0 Å². The molecule has 0 fully saturated rings. The van der Waals surface area contributed by atoms with Crippen LogP contribution in [0.4, 0.5) is 0 Å². The number of cyclic esters (lactones) is 2. The molecule has 3 aliphatic rings. The first-order valence-electron chi connectivity index (χ1n) is 14.6. The molecule has 0 saturated heterocycles. The topological polar surface area (TPSA) is 138 Å². The van der Waals surface area contributed by atoms with Crippen LogP contribution >= 0.6 is 0 Å². The molecule has 0 aliphatic carbocycles. The standard InChI is InChI=1S/C34H34N4O5/c1-7-19-15(3)23-12-25-17(5)21(9-10-29(39)40)32(37-25)22-11-30(41)43-34(42)31-18(6)26(38-33(22)31)14-28-20(8-2)16(4)24(36-28)13-27(19)35-23/h7,12-14,17,21,35,38H,1,8-11H2,2-6H3,(H,39,40)/t17-,21-/m0/s1. The second-order valence-corrected chi connectivity index (χ2v) is 11.5. The van der Waals surface area contributed by atoms with Gasteiger partial charge in [0.1, 0.15) is 0 Å². The predicted octanol–water partition coefficient (Wildman–Crippen LogP) is 6.91. The summed E-state index contributed by atoms with van der Waals surface area (Å²) in [6, 6.07) is 5.97. The van der Waals surface area contributed by atoms with E-state index in [2.05, 4.69) is 30.4 Å². The molecule has 0 unspecified atom stereocenters. The van der Waals surface area contributed by atoms with Crippen molar-refractivity contribution < 1.29 is 24.2 Å². The molecule has 43 heavy (non-hydrogen) atoms. The van der Waals surface area contributed by atoms with Gasteiger partial charge in [-0.3, -0.25) is 14.6 Å². The van der Waals surface area contributed by atoms with Gasteiger partial charge in [0.25, 0.3) is 0 Å². The summed E-state index contributed by atoms with van der Waals surface area (Å²) < 4.78 is 5.23. The van der Waals surface area contributed by atoms with Crippen LogP contribution in [0.3, 0.4) is 0 Å². The number of aromatic nitrogens is 4. The molecule has 3 aliphatic heterocycles. The van der Waals surface area contributed by atoms with E-state index in [0.717, 1.165) is 56.8 Å². The van der Waals surface area contributed by atoms with Crippen LogP contribution in [-0.4, -0.2) is 43.0 Å². The van der Waals surface area contributed by atoms with Crippen LogP contribution in [0.15, 0.2) is 24.8 Å². The van der Waals surface area contributed by atoms with Gasteiger partial charge in [0, 0.05) is 51.6 Å². The highest BCUT2D eigenvalue weighted by atomic mass is 16.6. The van der Waals surface area contributed by atoms with Crippen molar-refractivity contribution in [3.8, 4) is 0 Å². The Morgan fingerprint density at radius 2 is 1.79 bits per heavy atom. The maximum absolute atomic E-state index is 13.2. The van der Waals surface area contributed by atoms with Gasteiger partial charge in [-0.2, -0.15) is 0 Å². The lowest BCUT2D eigenvalue weighted by molar-refractivity contribution is -0.138. The Bertz CT molecular complexity index is 1960. The van der Waals surface area contributed by atoms with E-state index in [1.165, 1.54) is 0 Å². The van der Waals surface area contributed by atoms with Crippen LogP contribution in [0, 0.1) is 13.8 Å². The Labute approximate surface area is 248 Å². The van der Waals surface area contributed by atoms with Gasteiger partial charge in [-0.25, -0.2) is 9.78 Å². The number of carboxylic acids is 1. The number of hydrogen-bond acceptors (Lipinski definition) is 6. The van der Waals surface area contributed by atoms with Crippen LogP contribution in [0.2, 0.25) is 0 Å². The van der Waals surface area contributed by atoms with Crippen LogP contribution < -0.4 is 0 Å². The van der Waals surface area contributed by atoms with Gasteiger partial charge < -0.3 is 19.8 Å². The van der Waals surface area contributed by atoms with E-state index >= 15 is 0 Å². The lowest BCUT2D eigenvalue weighted by Crippen LogP contribution is -2.13. The Hall–Kier alpha value is -4.79. The molecule has 0 aromatic carbocycles. The summed E-state index contributed by atoms with van der Waals surface area (Å²) in [5.74, 6) is -2.72. The quantitative estimate of drug-likeness (QED) is 0.221. The van der Waals surface area contributed by atoms with Gasteiger partial charge in [-0.05, 0) is 74.1 Å². The van der Waals surface area contributed by atoms with Crippen molar-refractivity contribution in [2.24, 2.45) is 0 Å². The minimum absolute atomic E-state index is 0.0568. The SMILES string of the molecule is C=Cc1c(C)c2cc3nc(c4c5[nH]c(cc6nc(cc1[nH]2)C(C)=C6CC)c(C)c5C(=O)OC(=O)C4)[C@@H](CCC(=O)O)[C@@H]3C. The average Bonchev–Trinajstić information content (AvgIpc) is 3.61.